The van der Waals surface area contributed by atoms with Crippen molar-refractivity contribution in [2.75, 3.05) is 18.6 Å². The van der Waals surface area contributed by atoms with E-state index in [2.05, 4.69) is 4.98 Å². The Morgan fingerprint density at radius 1 is 1.22 bits per heavy atom. The van der Waals surface area contributed by atoms with Crippen molar-refractivity contribution in [1.82, 2.24) is 4.98 Å². The van der Waals surface area contributed by atoms with Crippen molar-refractivity contribution in [2.45, 2.75) is 20.0 Å². The van der Waals surface area contributed by atoms with Crippen LogP contribution >= 0.6 is 0 Å². The molecule has 1 aromatic heterocycles. The number of oxazole rings is 1. The predicted molar refractivity (Wildman–Crippen MR) is 94.8 cm³/mol. The molecule has 0 unspecified atom stereocenters. The quantitative estimate of drug-likeness (QED) is 0.659. The van der Waals surface area contributed by atoms with Gasteiger partial charge in [-0.05, 0) is 55.8 Å². The highest BCUT2D eigenvalue weighted by atomic mass is 19.4. The summed E-state index contributed by atoms with van der Waals surface area (Å²) in [5, 5.41) is 0. The van der Waals surface area contributed by atoms with Crippen LogP contribution in [0.4, 0.5) is 18.9 Å². The fourth-order valence-electron chi connectivity index (χ4n) is 2.79. The van der Waals surface area contributed by atoms with Crippen LogP contribution in [0.15, 0.2) is 40.8 Å². The van der Waals surface area contributed by atoms with E-state index in [0.717, 1.165) is 0 Å². The van der Waals surface area contributed by atoms with Crippen LogP contribution in [-0.4, -0.2) is 30.7 Å². The second-order valence-corrected chi connectivity index (χ2v) is 5.91. The number of amides is 1. The summed E-state index contributed by atoms with van der Waals surface area (Å²) in [7, 11) is 1.56. The number of fused-ring (bicyclic) bond motifs is 1. The van der Waals surface area contributed by atoms with Crippen molar-refractivity contribution in [3.63, 3.8) is 0 Å². The van der Waals surface area contributed by atoms with Gasteiger partial charge in [0.15, 0.2) is 5.58 Å². The number of aryl methyl sites for hydroxylation is 1. The third-order valence-corrected chi connectivity index (χ3v) is 4.11. The molecule has 1 amide bonds. The number of aromatic nitrogens is 1. The van der Waals surface area contributed by atoms with Crippen molar-refractivity contribution in [3.8, 4) is 17.2 Å². The van der Waals surface area contributed by atoms with Crippen molar-refractivity contribution >= 4 is 22.7 Å². The number of carbonyl (C=O) groups is 1. The third-order valence-electron chi connectivity index (χ3n) is 4.11. The van der Waals surface area contributed by atoms with Gasteiger partial charge >= 0.3 is 12.1 Å². The molecule has 27 heavy (non-hydrogen) atoms. The van der Waals surface area contributed by atoms with Crippen LogP contribution < -0.4 is 9.64 Å². The molecule has 0 N–H and O–H groups in total. The molecule has 142 valence electrons. The number of nitrogens with zero attached hydrogens (tertiary/aromatic N) is 2. The van der Waals surface area contributed by atoms with E-state index in [4.69, 9.17) is 9.15 Å². The minimum absolute atomic E-state index is 0.119. The Labute approximate surface area is 153 Å². The Balaban J connectivity index is 2.04. The molecule has 0 saturated heterocycles. The molecule has 0 radical (unpaired) electrons. The van der Waals surface area contributed by atoms with Gasteiger partial charge in [0.1, 0.15) is 11.3 Å². The van der Waals surface area contributed by atoms with E-state index >= 15 is 0 Å². The fraction of sp³-hybridized carbons (Fsp3) is 0.263. The molecular formula is C19H17F3N2O3. The first-order valence-electron chi connectivity index (χ1n) is 8.19. The Bertz CT molecular complexity index is 978. The monoisotopic (exact) mass is 378 g/mol. The van der Waals surface area contributed by atoms with Crippen molar-refractivity contribution < 1.29 is 27.1 Å². The maximum Gasteiger partial charge on any atom is 0.471 e. The number of hydrogen-bond acceptors (Lipinski definition) is 4. The highest BCUT2D eigenvalue weighted by Crippen LogP contribution is 2.32. The summed E-state index contributed by atoms with van der Waals surface area (Å²) in [4.78, 5) is 16.7. The molecule has 0 aliphatic carbocycles. The maximum atomic E-state index is 12.8. The summed E-state index contributed by atoms with van der Waals surface area (Å²) in [5.74, 6) is -0.904. The van der Waals surface area contributed by atoms with Crippen LogP contribution in [0.3, 0.4) is 0 Å². The van der Waals surface area contributed by atoms with Gasteiger partial charge in [-0.15, -0.1) is 0 Å². The van der Waals surface area contributed by atoms with Crippen molar-refractivity contribution in [2.24, 2.45) is 0 Å². The molecule has 3 rings (SSSR count). The molecule has 0 atom stereocenters. The highest BCUT2D eigenvalue weighted by molar-refractivity contribution is 5.99. The molecule has 2 aromatic carbocycles. The van der Waals surface area contributed by atoms with Crippen LogP contribution in [0.25, 0.3) is 22.6 Å². The number of halogens is 3. The lowest BCUT2D eigenvalue weighted by atomic mass is 10.1. The van der Waals surface area contributed by atoms with Gasteiger partial charge in [0, 0.05) is 17.8 Å². The lowest BCUT2D eigenvalue weighted by Gasteiger charge is -2.22. The topological polar surface area (TPSA) is 55.6 Å². The normalized spacial score (nSPS) is 11.6. The molecule has 3 aromatic rings. The van der Waals surface area contributed by atoms with Gasteiger partial charge in [-0.2, -0.15) is 13.2 Å². The lowest BCUT2D eigenvalue weighted by molar-refractivity contribution is -0.170. The standard InChI is InChI=1S/C19H17F3N2O3/c1-4-24(18(25)19(20,21)22)13-9-11(2)16-15(10-13)23-17(27-16)12-5-7-14(26-3)8-6-12/h5-10H,4H2,1-3H3. The first kappa shape index (κ1) is 18.8. The summed E-state index contributed by atoms with van der Waals surface area (Å²) < 4.78 is 49.4. The molecule has 8 heteroatoms. The Kier molecular flexibility index (Phi) is 4.82. The second kappa shape index (κ2) is 6.94. The second-order valence-electron chi connectivity index (χ2n) is 5.91. The Morgan fingerprint density at radius 3 is 2.44 bits per heavy atom. The highest BCUT2D eigenvalue weighted by Gasteiger charge is 2.42. The number of benzene rings is 2. The average Bonchev–Trinajstić information content (AvgIpc) is 3.06. The summed E-state index contributed by atoms with van der Waals surface area (Å²) in [5.41, 5.74) is 2.25. The van der Waals surface area contributed by atoms with Crippen LogP contribution in [0.2, 0.25) is 0 Å². The Morgan fingerprint density at radius 2 is 1.89 bits per heavy atom. The van der Waals surface area contributed by atoms with Crippen LogP contribution in [0.1, 0.15) is 12.5 Å². The van der Waals surface area contributed by atoms with Gasteiger partial charge in [-0.1, -0.05) is 0 Å². The number of alkyl halides is 3. The zero-order chi connectivity index (χ0) is 19.8. The van der Waals surface area contributed by atoms with E-state index in [9.17, 15) is 18.0 Å². The summed E-state index contributed by atoms with van der Waals surface area (Å²) in [6.07, 6.45) is -4.95. The van der Waals surface area contributed by atoms with Crippen molar-refractivity contribution in [1.29, 1.82) is 0 Å². The molecule has 1 heterocycles. The number of anilines is 1. The van der Waals surface area contributed by atoms with Gasteiger partial charge in [-0.3, -0.25) is 4.79 Å². The first-order valence-corrected chi connectivity index (χ1v) is 8.19. The van der Waals surface area contributed by atoms with E-state index < -0.39 is 12.1 Å². The predicted octanol–water partition coefficient (Wildman–Crippen LogP) is 4.73. The number of methoxy groups -OCH3 is 1. The third kappa shape index (κ3) is 3.60. The minimum Gasteiger partial charge on any atom is -0.497 e. The van der Waals surface area contributed by atoms with Gasteiger partial charge in [-0.25, -0.2) is 4.98 Å². The average molecular weight is 378 g/mol. The molecule has 0 saturated carbocycles. The van der Waals surface area contributed by atoms with Crippen LogP contribution in [-0.2, 0) is 4.79 Å². The van der Waals surface area contributed by atoms with E-state index in [0.29, 0.717) is 38.8 Å². The summed E-state index contributed by atoms with van der Waals surface area (Å²) >= 11 is 0. The molecule has 0 aliphatic heterocycles. The summed E-state index contributed by atoms with van der Waals surface area (Å²) in [6.45, 7) is 3.06. The summed E-state index contributed by atoms with van der Waals surface area (Å²) in [6, 6.07) is 9.95. The lowest BCUT2D eigenvalue weighted by Crippen LogP contribution is -2.41. The van der Waals surface area contributed by atoms with Crippen LogP contribution in [0.5, 0.6) is 5.75 Å². The zero-order valence-electron chi connectivity index (χ0n) is 14.9. The molecule has 0 spiro atoms. The zero-order valence-corrected chi connectivity index (χ0v) is 14.9. The van der Waals surface area contributed by atoms with Gasteiger partial charge < -0.3 is 14.1 Å². The molecule has 5 nitrogen and oxygen atoms in total. The molecular weight excluding hydrogens is 361 g/mol. The van der Waals surface area contributed by atoms with E-state index in [1.165, 1.54) is 19.1 Å². The number of ether oxygens (including phenoxy) is 1. The number of rotatable bonds is 4. The molecule has 0 aliphatic rings. The number of carbonyl (C=O) groups excluding carboxylic acids is 1. The largest absolute Gasteiger partial charge is 0.497 e. The molecule has 0 bridgehead atoms. The van der Waals surface area contributed by atoms with Gasteiger partial charge in [0.25, 0.3) is 0 Å². The maximum absolute atomic E-state index is 12.8. The minimum atomic E-state index is -4.95. The van der Waals surface area contributed by atoms with Gasteiger partial charge in [0.05, 0.1) is 7.11 Å². The SMILES string of the molecule is CCN(C(=O)C(F)(F)F)c1cc(C)c2oc(-c3ccc(OC)cc3)nc2c1. The van der Waals surface area contributed by atoms with Crippen molar-refractivity contribution in [3.05, 3.63) is 42.0 Å². The Hall–Kier alpha value is -3.03. The van der Waals surface area contributed by atoms with E-state index in [1.54, 1.807) is 38.3 Å². The fourth-order valence-corrected chi connectivity index (χ4v) is 2.79. The smallest absolute Gasteiger partial charge is 0.471 e. The number of hydrogen-bond donors (Lipinski definition) is 0. The van der Waals surface area contributed by atoms with E-state index in [1.807, 2.05) is 0 Å². The molecule has 0 fully saturated rings. The van der Waals surface area contributed by atoms with Crippen LogP contribution in [0, 0.1) is 6.92 Å². The van der Waals surface area contributed by atoms with Gasteiger partial charge in [0.2, 0.25) is 5.89 Å². The first-order chi connectivity index (χ1) is 12.7. The van der Waals surface area contributed by atoms with E-state index in [-0.39, 0.29) is 12.2 Å².